The third kappa shape index (κ3) is 1.87. The van der Waals surface area contributed by atoms with Gasteiger partial charge in [0.05, 0.1) is 12.5 Å². The van der Waals surface area contributed by atoms with Gasteiger partial charge in [0.15, 0.2) is 0 Å². The Labute approximate surface area is 74.6 Å². The van der Waals surface area contributed by atoms with Crippen LogP contribution in [0.15, 0.2) is 12.7 Å². The van der Waals surface area contributed by atoms with Gasteiger partial charge in [0.1, 0.15) is 0 Å². The highest BCUT2D eigenvalue weighted by atomic mass is 16.5. The highest BCUT2D eigenvalue weighted by molar-refractivity contribution is 5.78. The summed E-state index contributed by atoms with van der Waals surface area (Å²) in [5.41, 5.74) is -0.538. The van der Waals surface area contributed by atoms with Crippen molar-refractivity contribution in [1.82, 2.24) is 0 Å². The zero-order valence-electron chi connectivity index (χ0n) is 8.39. The van der Waals surface area contributed by atoms with Gasteiger partial charge in [-0.3, -0.25) is 4.79 Å². The molecular weight excluding hydrogens is 152 g/mol. The average molecular weight is 170 g/mol. The first-order valence-electron chi connectivity index (χ1n) is 4.24. The molecule has 0 fully saturated rings. The fourth-order valence-corrected chi connectivity index (χ4v) is 1.13. The van der Waals surface area contributed by atoms with Gasteiger partial charge >= 0.3 is 5.97 Å². The van der Waals surface area contributed by atoms with Gasteiger partial charge in [-0.2, -0.15) is 0 Å². The Hall–Kier alpha value is -0.790. The van der Waals surface area contributed by atoms with E-state index in [-0.39, 0.29) is 11.9 Å². The molecule has 0 heterocycles. The van der Waals surface area contributed by atoms with Crippen LogP contribution in [0.4, 0.5) is 0 Å². The zero-order valence-corrected chi connectivity index (χ0v) is 8.39. The molecule has 0 saturated carbocycles. The number of methoxy groups -OCH3 is 1. The number of hydrogen-bond donors (Lipinski definition) is 0. The maximum absolute atomic E-state index is 11.4. The Morgan fingerprint density at radius 2 is 2.25 bits per heavy atom. The highest BCUT2D eigenvalue weighted by Gasteiger charge is 2.35. The maximum atomic E-state index is 11.4. The minimum absolute atomic E-state index is 0.202. The van der Waals surface area contributed by atoms with E-state index in [1.165, 1.54) is 7.11 Å². The van der Waals surface area contributed by atoms with E-state index >= 15 is 0 Å². The summed E-state index contributed by atoms with van der Waals surface area (Å²) in [7, 11) is 1.41. The Bertz CT molecular complexity index is 175. The van der Waals surface area contributed by atoms with Gasteiger partial charge in [0.25, 0.3) is 0 Å². The molecule has 70 valence electrons. The lowest BCUT2D eigenvalue weighted by Crippen LogP contribution is -2.33. The molecule has 0 amide bonds. The fourth-order valence-electron chi connectivity index (χ4n) is 1.13. The number of carbonyl (C=O) groups excluding carboxylic acids is 1. The van der Waals surface area contributed by atoms with Gasteiger partial charge in [-0.05, 0) is 12.8 Å². The summed E-state index contributed by atoms with van der Waals surface area (Å²) in [5, 5.41) is 0. The number of hydrogen-bond acceptors (Lipinski definition) is 2. The van der Waals surface area contributed by atoms with Crippen LogP contribution in [0.5, 0.6) is 0 Å². The normalized spacial score (nSPS) is 17.7. The lowest BCUT2D eigenvalue weighted by molar-refractivity contribution is -0.151. The Morgan fingerprint density at radius 3 is 2.50 bits per heavy atom. The average Bonchev–Trinajstić information content (AvgIpc) is 2.13. The first-order chi connectivity index (χ1) is 5.52. The van der Waals surface area contributed by atoms with Crippen LogP contribution in [0.2, 0.25) is 0 Å². The molecule has 0 aliphatic heterocycles. The third-order valence-electron chi connectivity index (χ3n) is 2.69. The molecule has 0 aromatic carbocycles. The summed E-state index contributed by atoms with van der Waals surface area (Å²) in [6, 6.07) is 0. The van der Waals surface area contributed by atoms with E-state index < -0.39 is 5.41 Å². The summed E-state index contributed by atoms with van der Waals surface area (Å²) >= 11 is 0. The molecule has 2 heteroatoms. The quantitative estimate of drug-likeness (QED) is 0.478. The van der Waals surface area contributed by atoms with Crippen molar-refractivity contribution in [1.29, 1.82) is 0 Å². The molecule has 2 unspecified atom stereocenters. The first-order valence-corrected chi connectivity index (χ1v) is 4.24. The van der Waals surface area contributed by atoms with Gasteiger partial charge in [-0.15, -0.1) is 6.58 Å². The van der Waals surface area contributed by atoms with Gasteiger partial charge in [-0.1, -0.05) is 26.3 Å². The van der Waals surface area contributed by atoms with E-state index in [4.69, 9.17) is 4.74 Å². The van der Waals surface area contributed by atoms with Gasteiger partial charge < -0.3 is 4.74 Å². The van der Waals surface area contributed by atoms with Gasteiger partial charge in [0.2, 0.25) is 0 Å². The van der Waals surface area contributed by atoms with E-state index in [1.807, 2.05) is 13.8 Å². The highest BCUT2D eigenvalue weighted by Crippen LogP contribution is 2.31. The first kappa shape index (κ1) is 11.2. The predicted octanol–water partition coefficient (Wildman–Crippen LogP) is 2.40. The number of ether oxygens (including phenoxy) is 1. The topological polar surface area (TPSA) is 26.3 Å². The summed E-state index contributed by atoms with van der Waals surface area (Å²) in [6.07, 6.45) is 2.62. The second-order valence-corrected chi connectivity index (χ2v) is 3.29. The predicted molar refractivity (Wildman–Crippen MR) is 49.8 cm³/mol. The third-order valence-corrected chi connectivity index (χ3v) is 2.69. The summed E-state index contributed by atoms with van der Waals surface area (Å²) in [4.78, 5) is 11.4. The molecule has 0 aromatic heterocycles. The molecule has 0 radical (unpaired) electrons. The minimum Gasteiger partial charge on any atom is -0.468 e. The van der Waals surface area contributed by atoms with Crippen molar-refractivity contribution in [2.45, 2.75) is 27.2 Å². The Balaban J connectivity index is 4.65. The molecule has 2 atom stereocenters. The van der Waals surface area contributed by atoms with E-state index in [9.17, 15) is 4.79 Å². The van der Waals surface area contributed by atoms with Crippen molar-refractivity contribution < 1.29 is 9.53 Å². The molecular formula is C10H18O2. The largest absolute Gasteiger partial charge is 0.468 e. The molecule has 12 heavy (non-hydrogen) atoms. The van der Waals surface area contributed by atoms with Crippen molar-refractivity contribution in [3.63, 3.8) is 0 Å². The molecule has 0 saturated heterocycles. The second kappa shape index (κ2) is 4.29. The van der Waals surface area contributed by atoms with E-state index in [2.05, 4.69) is 13.5 Å². The Kier molecular flexibility index (Phi) is 4.01. The van der Waals surface area contributed by atoms with Crippen LogP contribution < -0.4 is 0 Å². The molecule has 0 rings (SSSR count). The zero-order chi connectivity index (χ0) is 9.78. The maximum Gasteiger partial charge on any atom is 0.315 e. The number of carbonyl (C=O) groups is 1. The molecule has 0 aliphatic rings. The lowest BCUT2D eigenvalue weighted by Gasteiger charge is -2.28. The lowest BCUT2D eigenvalue weighted by atomic mass is 9.77. The van der Waals surface area contributed by atoms with Gasteiger partial charge in [0, 0.05) is 0 Å². The van der Waals surface area contributed by atoms with Crippen molar-refractivity contribution in [3.8, 4) is 0 Å². The van der Waals surface area contributed by atoms with Crippen LogP contribution >= 0.6 is 0 Å². The van der Waals surface area contributed by atoms with E-state index in [1.54, 1.807) is 6.08 Å². The smallest absolute Gasteiger partial charge is 0.315 e. The monoisotopic (exact) mass is 170 g/mol. The number of esters is 1. The van der Waals surface area contributed by atoms with Crippen LogP contribution in [-0.4, -0.2) is 13.1 Å². The molecule has 2 nitrogen and oxygen atoms in total. The molecule has 0 aromatic rings. The van der Waals surface area contributed by atoms with E-state index in [0.29, 0.717) is 0 Å². The van der Waals surface area contributed by atoms with E-state index in [0.717, 1.165) is 6.42 Å². The molecule has 0 bridgehead atoms. The van der Waals surface area contributed by atoms with Crippen molar-refractivity contribution in [2.75, 3.05) is 7.11 Å². The fraction of sp³-hybridized carbons (Fsp3) is 0.700. The summed E-state index contributed by atoms with van der Waals surface area (Å²) in [6.45, 7) is 9.61. The molecule has 0 spiro atoms. The SMILES string of the molecule is C=CC(C)(C(=O)OC)C(C)CC. The standard InChI is InChI=1S/C10H18O2/c1-6-8(3)10(4,7-2)9(11)12-5/h7-8H,2,6H2,1,3-5H3. The van der Waals surface area contributed by atoms with Crippen molar-refractivity contribution in [2.24, 2.45) is 11.3 Å². The van der Waals surface area contributed by atoms with Crippen molar-refractivity contribution >= 4 is 5.97 Å². The Morgan fingerprint density at radius 1 is 1.75 bits per heavy atom. The van der Waals surface area contributed by atoms with Crippen LogP contribution in [0.3, 0.4) is 0 Å². The van der Waals surface area contributed by atoms with Crippen LogP contribution in [0, 0.1) is 11.3 Å². The van der Waals surface area contributed by atoms with Crippen LogP contribution in [-0.2, 0) is 9.53 Å². The second-order valence-electron chi connectivity index (χ2n) is 3.29. The summed E-state index contributed by atoms with van der Waals surface area (Å²) in [5.74, 6) is 0.0642. The van der Waals surface area contributed by atoms with Crippen LogP contribution in [0.1, 0.15) is 27.2 Å². The van der Waals surface area contributed by atoms with Crippen molar-refractivity contribution in [3.05, 3.63) is 12.7 Å². The van der Waals surface area contributed by atoms with Crippen LogP contribution in [0.25, 0.3) is 0 Å². The van der Waals surface area contributed by atoms with Gasteiger partial charge in [-0.25, -0.2) is 0 Å². The number of rotatable bonds is 4. The summed E-state index contributed by atoms with van der Waals surface area (Å²) < 4.78 is 4.72. The minimum atomic E-state index is -0.538. The molecule has 0 aliphatic carbocycles. The molecule has 0 N–H and O–H groups in total.